The van der Waals surface area contributed by atoms with Gasteiger partial charge in [0.05, 0.1) is 6.04 Å². The van der Waals surface area contributed by atoms with E-state index in [0.717, 1.165) is 19.4 Å². The highest BCUT2D eigenvalue weighted by atomic mass is 16.5. The highest BCUT2D eigenvalue weighted by molar-refractivity contribution is 5.80. The largest absolute Gasteiger partial charge is 0.479 e. The second-order valence-electron chi connectivity index (χ2n) is 6.46. The SMILES string of the molecule is COC(c1ccccc1)(c1ccccc1)C(O)C(=O)O.NC(=O)[C@@H]1CCCN1. The number of aliphatic hydroxyl groups excluding tert-OH is 1. The minimum atomic E-state index is -1.71. The molecule has 5 N–H and O–H groups in total. The van der Waals surface area contributed by atoms with Gasteiger partial charge in [-0.1, -0.05) is 60.7 Å². The number of benzene rings is 2. The maximum Gasteiger partial charge on any atom is 0.336 e. The summed E-state index contributed by atoms with van der Waals surface area (Å²) in [4.78, 5) is 21.7. The van der Waals surface area contributed by atoms with Gasteiger partial charge in [-0.3, -0.25) is 4.79 Å². The number of aliphatic hydroxyl groups is 1. The molecule has 1 heterocycles. The zero-order valence-electron chi connectivity index (χ0n) is 15.7. The van der Waals surface area contributed by atoms with Crippen LogP contribution in [0.15, 0.2) is 60.7 Å². The molecule has 0 aliphatic carbocycles. The molecule has 2 aromatic rings. The Hall–Kier alpha value is -2.74. The van der Waals surface area contributed by atoms with Crippen LogP contribution in [0.1, 0.15) is 24.0 Å². The molecule has 7 nitrogen and oxygen atoms in total. The molecule has 150 valence electrons. The fraction of sp³-hybridized carbons (Fsp3) is 0.333. The molecule has 3 rings (SSSR count). The molecule has 7 heteroatoms. The summed E-state index contributed by atoms with van der Waals surface area (Å²) in [5.74, 6) is -1.55. The van der Waals surface area contributed by atoms with Crippen LogP contribution in [0.25, 0.3) is 0 Å². The van der Waals surface area contributed by atoms with E-state index < -0.39 is 17.7 Å². The number of carbonyl (C=O) groups is 2. The molecule has 1 aliphatic rings. The van der Waals surface area contributed by atoms with E-state index in [2.05, 4.69) is 5.32 Å². The molecular weight excluding hydrogens is 360 g/mol. The van der Waals surface area contributed by atoms with Crippen LogP contribution >= 0.6 is 0 Å². The van der Waals surface area contributed by atoms with Crippen LogP contribution in [-0.4, -0.2) is 47.9 Å². The number of nitrogens with two attached hydrogens (primary N) is 1. The Morgan fingerprint density at radius 2 is 1.61 bits per heavy atom. The summed E-state index contributed by atoms with van der Waals surface area (Å²) in [5.41, 5.74) is 4.73. The molecule has 0 saturated carbocycles. The minimum Gasteiger partial charge on any atom is -0.479 e. The first-order valence-corrected chi connectivity index (χ1v) is 9.03. The van der Waals surface area contributed by atoms with Crippen LogP contribution in [0.3, 0.4) is 0 Å². The summed E-state index contributed by atoms with van der Waals surface area (Å²) in [6.07, 6.45) is 0.278. The normalized spacial score (nSPS) is 17.3. The van der Waals surface area contributed by atoms with Gasteiger partial charge in [-0.15, -0.1) is 0 Å². The van der Waals surface area contributed by atoms with Gasteiger partial charge in [0.2, 0.25) is 5.91 Å². The number of hydrogen-bond donors (Lipinski definition) is 4. The maximum atomic E-state index is 11.3. The first-order valence-electron chi connectivity index (χ1n) is 9.03. The van der Waals surface area contributed by atoms with Crippen LogP contribution in [0.2, 0.25) is 0 Å². The van der Waals surface area contributed by atoms with Crippen molar-refractivity contribution in [2.24, 2.45) is 5.73 Å². The van der Waals surface area contributed by atoms with E-state index in [9.17, 15) is 19.8 Å². The number of amides is 1. The highest BCUT2D eigenvalue weighted by Gasteiger charge is 2.45. The summed E-state index contributed by atoms with van der Waals surface area (Å²) in [7, 11) is 1.40. The molecule has 1 unspecified atom stereocenters. The first kappa shape index (κ1) is 21.6. The van der Waals surface area contributed by atoms with E-state index >= 15 is 0 Å². The van der Waals surface area contributed by atoms with E-state index in [-0.39, 0.29) is 11.9 Å². The Labute approximate surface area is 164 Å². The van der Waals surface area contributed by atoms with Gasteiger partial charge in [-0.25, -0.2) is 4.79 Å². The van der Waals surface area contributed by atoms with Gasteiger partial charge in [0.1, 0.15) is 0 Å². The molecule has 2 aromatic carbocycles. The van der Waals surface area contributed by atoms with Crippen LogP contribution in [0.4, 0.5) is 0 Å². The summed E-state index contributed by atoms with van der Waals surface area (Å²) < 4.78 is 5.50. The van der Waals surface area contributed by atoms with Crippen molar-refractivity contribution in [3.63, 3.8) is 0 Å². The van der Waals surface area contributed by atoms with E-state index in [0.29, 0.717) is 11.1 Å². The van der Waals surface area contributed by atoms with E-state index in [1.54, 1.807) is 48.5 Å². The number of hydrogen-bond acceptors (Lipinski definition) is 5. The molecule has 0 aromatic heterocycles. The van der Waals surface area contributed by atoms with Crippen molar-refractivity contribution in [3.05, 3.63) is 71.8 Å². The Bertz CT molecular complexity index is 721. The van der Waals surface area contributed by atoms with Crippen molar-refractivity contribution in [3.8, 4) is 0 Å². The van der Waals surface area contributed by atoms with Gasteiger partial charge in [-0.05, 0) is 30.5 Å². The van der Waals surface area contributed by atoms with Gasteiger partial charge in [0.15, 0.2) is 11.7 Å². The number of primary amides is 1. The van der Waals surface area contributed by atoms with Crippen molar-refractivity contribution in [2.45, 2.75) is 30.6 Å². The number of carboxylic acids is 1. The zero-order chi connectivity index (χ0) is 20.6. The molecular formula is C21H26N2O5. The summed E-state index contributed by atoms with van der Waals surface area (Å²) in [6, 6.07) is 17.7. The minimum absolute atomic E-state index is 0.0463. The Kier molecular flexibility index (Phi) is 7.69. The summed E-state index contributed by atoms with van der Waals surface area (Å²) >= 11 is 0. The number of nitrogens with one attached hydrogen (secondary N) is 1. The molecule has 0 bridgehead atoms. The van der Waals surface area contributed by atoms with Gasteiger partial charge in [-0.2, -0.15) is 0 Å². The lowest BCUT2D eigenvalue weighted by Gasteiger charge is -2.35. The molecule has 1 saturated heterocycles. The van der Waals surface area contributed by atoms with Gasteiger partial charge in [0.25, 0.3) is 0 Å². The topological polar surface area (TPSA) is 122 Å². The van der Waals surface area contributed by atoms with Crippen molar-refractivity contribution < 1.29 is 24.5 Å². The number of carbonyl (C=O) groups excluding carboxylic acids is 1. The number of methoxy groups -OCH3 is 1. The van der Waals surface area contributed by atoms with Gasteiger partial charge in [0, 0.05) is 7.11 Å². The lowest BCUT2D eigenvalue weighted by atomic mass is 9.81. The third-order valence-corrected chi connectivity index (χ3v) is 4.75. The maximum absolute atomic E-state index is 11.3. The molecule has 0 radical (unpaired) electrons. The van der Waals surface area contributed by atoms with Crippen molar-refractivity contribution >= 4 is 11.9 Å². The van der Waals surface area contributed by atoms with Crippen LogP contribution < -0.4 is 11.1 Å². The van der Waals surface area contributed by atoms with E-state index in [1.165, 1.54) is 7.11 Å². The average Bonchev–Trinajstić information content (AvgIpc) is 3.26. The van der Waals surface area contributed by atoms with Crippen molar-refractivity contribution in [1.82, 2.24) is 5.32 Å². The lowest BCUT2D eigenvalue weighted by molar-refractivity contribution is -0.163. The first-order chi connectivity index (χ1) is 13.4. The van der Waals surface area contributed by atoms with Crippen LogP contribution in [-0.2, 0) is 19.9 Å². The molecule has 1 amide bonds. The Morgan fingerprint density at radius 1 is 1.11 bits per heavy atom. The lowest BCUT2D eigenvalue weighted by Crippen LogP contribution is -2.47. The molecule has 28 heavy (non-hydrogen) atoms. The van der Waals surface area contributed by atoms with E-state index in [1.807, 2.05) is 12.1 Å². The summed E-state index contributed by atoms with van der Waals surface area (Å²) in [5, 5.41) is 22.4. The summed E-state index contributed by atoms with van der Waals surface area (Å²) in [6.45, 7) is 0.938. The average molecular weight is 386 g/mol. The molecule has 1 fully saturated rings. The van der Waals surface area contributed by atoms with Gasteiger partial charge < -0.3 is 26.0 Å². The third-order valence-electron chi connectivity index (χ3n) is 4.75. The Balaban J connectivity index is 0.000000292. The predicted octanol–water partition coefficient (Wildman–Crippen LogP) is 1.25. The van der Waals surface area contributed by atoms with Crippen molar-refractivity contribution in [1.29, 1.82) is 0 Å². The zero-order valence-corrected chi connectivity index (χ0v) is 15.7. The van der Waals surface area contributed by atoms with E-state index in [4.69, 9.17) is 10.5 Å². The number of carboxylic acid groups (broad SMARTS) is 1. The molecule has 0 spiro atoms. The quantitative estimate of drug-likeness (QED) is 0.593. The fourth-order valence-corrected chi connectivity index (χ4v) is 3.30. The standard InChI is InChI=1S/C16H16O4.C5H10N2O/c1-20-16(14(17)15(18)19,12-8-4-2-5-9-12)13-10-6-3-7-11-13;6-5(8)4-2-1-3-7-4/h2-11,14,17H,1H3,(H,18,19);4,7H,1-3H2,(H2,6,8)/t;4-/m.0/s1. The second-order valence-corrected chi connectivity index (χ2v) is 6.46. The third kappa shape index (κ3) is 4.75. The number of rotatable bonds is 6. The smallest absolute Gasteiger partial charge is 0.336 e. The Morgan fingerprint density at radius 3 is 1.89 bits per heavy atom. The van der Waals surface area contributed by atoms with Crippen molar-refractivity contribution in [2.75, 3.05) is 13.7 Å². The highest BCUT2D eigenvalue weighted by Crippen LogP contribution is 2.36. The second kappa shape index (κ2) is 9.98. The van der Waals surface area contributed by atoms with Crippen LogP contribution in [0, 0.1) is 0 Å². The monoisotopic (exact) mass is 386 g/mol. The number of aliphatic carboxylic acids is 1. The molecule has 1 aliphatic heterocycles. The van der Waals surface area contributed by atoms with Crippen LogP contribution in [0.5, 0.6) is 0 Å². The fourth-order valence-electron chi connectivity index (χ4n) is 3.30. The number of ether oxygens (including phenoxy) is 1. The predicted molar refractivity (Wildman–Crippen MR) is 105 cm³/mol. The molecule has 2 atom stereocenters. The van der Waals surface area contributed by atoms with Gasteiger partial charge >= 0.3 is 5.97 Å².